The molecule has 0 bridgehead atoms. The molecule has 2 aromatic rings. The van der Waals surface area contributed by atoms with Gasteiger partial charge < -0.3 is 9.64 Å². The molecule has 3 rings (SSSR count). The van der Waals surface area contributed by atoms with Crippen LogP contribution < -0.4 is 5.32 Å². The highest BCUT2D eigenvalue weighted by molar-refractivity contribution is 8.00. The number of thioether (sulfide) groups is 1. The highest BCUT2D eigenvalue weighted by Crippen LogP contribution is 2.43. The molecule has 29 heavy (non-hydrogen) atoms. The Hall–Kier alpha value is -1.89. The Labute approximate surface area is 184 Å². The third-order valence-corrected chi connectivity index (χ3v) is 6.48. The standard InChI is InChI=1S/C21H22Cl2N2O3S/c1-3-16(11-28-21(27)24-15-7-4-13(2)5-8-15)25-19(26)12-29-20(25)17-9-6-14(22)10-18(17)23/h4-10,16,20H,3,11-12H2,1-2H3,(H,24,27)/t16-,20+/m1/s1. The average molecular weight is 453 g/mol. The third-order valence-electron chi connectivity index (χ3n) is 4.70. The fourth-order valence-corrected chi connectivity index (χ4v) is 4.99. The van der Waals surface area contributed by atoms with Crippen molar-refractivity contribution < 1.29 is 14.3 Å². The zero-order chi connectivity index (χ0) is 21.0. The van der Waals surface area contributed by atoms with Gasteiger partial charge in [-0.1, -0.05) is 53.9 Å². The van der Waals surface area contributed by atoms with E-state index < -0.39 is 6.09 Å². The van der Waals surface area contributed by atoms with E-state index in [-0.39, 0.29) is 23.9 Å². The van der Waals surface area contributed by atoms with E-state index in [4.69, 9.17) is 27.9 Å². The van der Waals surface area contributed by atoms with E-state index in [1.807, 2.05) is 44.2 Å². The van der Waals surface area contributed by atoms with Crippen molar-refractivity contribution in [2.24, 2.45) is 0 Å². The number of hydrogen-bond donors (Lipinski definition) is 1. The van der Waals surface area contributed by atoms with E-state index in [9.17, 15) is 9.59 Å². The highest BCUT2D eigenvalue weighted by Gasteiger charge is 2.38. The summed E-state index contributed by atoms with van der Waals surface area (Å²) in [6, 6.07) is 12.5. The summed E-state index contributed by atoms with van der Waals surface area (Å²) in [6.07, 6.45) is 0.0962. The second-order valence-corrected chi connectivity index (χ2v) is 8.69. The van der Waals surface area contributed by atoms with Gasteiger partial charge in [0.25, 0.3) is 0 Å². The zero-order valence-corrected chi connectivity index (χ0v) is 18.5. The van der Waals surface area contributed by atoms with Crippen LogP contribution >= 0.6 is 35.0 Å². The lowest BCUT2D eigenvalue weighted by Crippen LogP contribution is -2.41. The number of anilines is 1. The molecule has 1 fully saturated rings. The maximum absolute atomic E-state index is 12.6. The van der Waals surface area contributed by atoms with Crippen molar-refractivity contribution in [2.75, 3.05) is 17.7 Å². The minimum atomic E-state index is -0.548. The zero-order valence-electron chi connectivity index (χ0n) is 16.2. The molecule has 1 aliphatic heterocycles. The number of carbonyl (C=O) groups excluding carboxylic acids is 2. The molecule has 2 atom stereocenters. The number of nitrogens with zero attached hydrogens (tertiary/aromatic N) is 1. The number of amides is 2. The van der Waals surface area contributed by atoms with Gasteiger partial charge in [0.1, 0.15) is 12.0 Å². The van der Waals surface area contributed by atoms with Crippen LogP contribution in [0.1, 0.15) is 29.8 Å². The monoisotopic (exact) mass is 452 g/mol. The first-order valence-electron chi connectivity index (χ1n) is 9.27. The lowest BCUT2D eigenvalue weighted by Gasteiger charge is -2.32. The number of nitrogens with one attached hydrogen (secondary N) is 1. The first-order chi connectivity index (χ1) is 13.9. The molecule has 0 radical (unpaired) electrons. The Balaban J connectivity index is 1.67. The van der Waals surface area contributed by atoms with Crippen LogP contribution in [0, 0.1) is 6.92 Å². The molecule has 0 aromatic heterocycles. The second-order valence-electron chi connectivity index (χ2n) is 6.78. The van der Waals surface area contributed by atoms with Crippen LogP contribution in [0.3, 0.4) is 0 Å². The molecule has 0 spiro atoms. The molecular formula is C21H22Cl2N2O3S. The van der Waals surface area contributed by atoms with E-state index in [0.29, 0.717) is 27.9 Å². The number of carbonyl (C=O) groups is 2. The quantitative estimate of drug-likeness (QED) is 0.592. The van der Waals surface area contributed by atoms with Crippen LogP contribution in [0.2, 0.25) is 10.0 Å². The largest absolute Gasteiger partial charge is 0.447 e. The summed E-state index contributed by atoms with van der Waals surface area (Å²) >= 11 is 13.9. The molecule has 0 unspecified atom stereocenters. The second kappa shape index (κ2) is 9.74. The van der Waals surface area contributed by atoms with Crippen LogP contribution in [0.15, 0.2) is 42.5 Å². The molecule has 0 aliphatic carbocycles. The summed E-state index contributed by atoms with van der Waals surface area (Å²) in [4.78, 5) is 26.5. The van der Waals surface area contributed by atoms with E-state index in [0.717, 1.165) is 11.1 Å². The normalized spacial score (nSPS) is 17.3. The van der Waals surface area contributed by atoms with Gasteiger partial charge in [-0.2, -0.15) is 0 Å². The van der Waals surface area contributed by atoms with Crippen LogP contribution in [-0.2, 0) is 9.53 Å². The highest BCUT2D eigenvalue weighted by atomic mass is 35.5. The minimum absolute atomic E-state index is 0.000379. The van der Waals surface area contributed by atoms with Crippen molar-refractivity contribution in [2.45, 2.75) is 31.7 Å². The van der Waals surface area contributed by atoms with E-state index in [1.165, 1.54) is 11.8 Å². The van der Waals surface area contributed by atoms with Gasteiger partial charge in [-0.05, 0) is 37.6 Å². The first kappa shape index (κ1) is 21.8. The number of ether oxygens (including phenoxy) is 1. The summed E-state index contributed by atoms with van der Waals surface area (Å²) in [7, 11) is 0. The summed E-state index contributed by atoms with van der Waals surface area (Å²) in [5.41, 5.74) is 2.59. The van der Waals surface area contributed by atoms with Crippen molar-refractivity contribution >= 4 is 52.7 Å². The molecule has 8 heteroatoms. The van der Waals surface area contributed by atoms with Crippen LogP contribution in [0.25, 0.3) is 0 Å². The molecule has 154 valence electrons. The van der Waals surface area contributed by atoms with Gasteiger partial charge in [-0.25, -0.2) is 4.79 Å². The van der Waals surface area contributed by atoms with Gasteiger partial charge in [0.2, 0.25) is 5.91 Å². The van der Waals surface area contributed by atoms with Gasteiger partial charge in [0, 0.05) is 21.3 Å². The lowest BCUT2D eigenvalue weighted by atomic mass is 10.1. The molecule has 0 saturated carbocycles. The number of benzene rings is 2. The van der Waals surface area contributed by atoms with Gasteiger partial charge in [0.05, 0.1) is 11.8 Å². The van der Waals surface area contributed by atoms with Crippen LogP contribution in [-0.4, -0.2) is 35.3 Å². The van der Waals surface area contributed by atoms with Crippen molar-refractivity contribution in [3.63, 3.8) is 0 Å². The summed E-state index contributed by atoms with van der Waals surface area (Å²) in [6.45, 7) is 4.04. The van der Waals surface area contributed by atoms with E-state index >= 15 is 0 Å². The SMILES string of the molecule is CC[C@H](COC(=O)Nc1ccc(C)cc1)N1C(=O)CS[C@H]1c1ccc(Cl)cc1Cl. The van der Waals surface area contributed by atoms with Crippen molar-refractivity contribution in [3.05, 3.63) is 63.6 Å². The smallest absolute Gasteiger partial charge is 0.411 e. The molecule has 5 nitrogen and oxygen atoms in total. The van der Waals surface area contributed by atoms with Gasteiger partial charge in [-0.3, -0.25) is 10.1 Å². The molecule has 1 N–H and O–H groups in total. The van der Waals surface area contributed by atoms with Crippen LogP contribution in [0.5, 0.6) is 0 Å². The van der Waals surface area contributed by atoms with Crippen molar-refractivity contribution in [1.29, 1.82) is 0 Å². The number of rotatable bonds is 6. The fraction of sp³-hybridized carbons (Fsp3) is 0.333. The lowest BCUT2D eigenvalue weighted by molar-refractivity contribution is -0.131. The minimum Gasteiger partial charge on any atom is -0.447 e. The Morgan fingerprint density at radius 1 is 1.28 bits per heavy atom. The van der Waals surface area contributed by atoms with Gasteiger partial charge in [-0.15, -0.1) is 11.8 Å². The topological polar surface area (TPSA) is 58.6 Å². The van der Waals surface area contributed by atoms with Gasteiger partial charge in [0.15, 0.2) is 0 Å². The average Bonchev–Trinajstić information content (AvgIpc) is 3.05. The van der Waals surface area contributed by atoms with E-state index in [2.05, 4.69) is 5.32 Å². The molecule has 1 saturated heterocycles. The van der Waals surface area contributed by atoms with E-state index in [1.54, 1.807) is 17.0 Å². The predicted octanol–water partition coefficient (Wildman–Crippen LogP) is 5.90. The summed E-state index contributed by atoms with van der Waals surface area (Å²) < 4.78 is 5.42. The van der Waals surface area contributed by atoms with Crippen LogP contribution in [0.4, 0.5) is 10.5 Å². The number of hydrogen-bond acceptors (Lipinski definition) is 4. The predicted molar refractivity (Wildman–Crippen MR) is 119 cm³/mol. The number of halogens is 2. The Morgan fingerprint density at radius 2 is 2.00 bits per heavy atom. The fourth-order valence-electron chi connectivity index (χ4n) is 3.13. The number of aryl methyl sites for hydroxylation is 1. The molecule has 2 amide bonds. The van der Waals surface area contributed by atoms with Crippen molar-refractivity contribution in [1.82, 2.24) is 4.90 Å². The first-order valence-corrected chi connectivity index (χ1v) is 11.1. The molecule has 1 heterocycles. The maximum atomic E-state index is 12.6. The van der Waals surface area contributed by atoms with Gasteiger partial charge >= 0.3 is 6.09 Å². The Morgan fingerprint density at radius 3 is 2.66 bits per heavy atom. The molecule has 1 aliphatic rings. The van der Waals surface area contributed by atoms with Crippen molar-refractivity contribution in [3.8, 4) is 0 Å². The molecular weight excluding hydrogens is 431 g/mol. The Bertz CT molecular complexity index is 892. The summed E-state index contributed by atoms with van der Waals surface area (Å²) in [5, 5.41) is 3.53. The summed E-state index contributed by atoms with van der Waals surface area (Å²) in [5.74, 6) is 0.357. The Kier molecular flexibility index (Phi) is 7.33. The maximum Gasteiger partial charge on any atom is 0.411 e. The third kappa shape index (κ3) is 5.38. The molecule has 2 aromatic carbocycles.